The second kappa shape index (κ2) is 6.20. The minimum absolute atomic E-state index is 0.0490. The number of nitrogens with zero attached hydrogens (tertiary/aromatic N) is 2. The third kappa shape index (κ3) is 5.06. The Balaban J connectivity index is 2.23. The average Bonchev–Trinajstić information content (AvgIpc) is 2.53. The van der Waals surface area contributed by atoms with Crippen molar-refractivity contribution in [1.29, 1.82) is 0 Å². The van der Waals surface area contributed by atoms with Gasteiger partial charge in [0.2, 0.25) is 5.91 Å². The van der Waals surface area contributed by atoms with E-state index in [0.717, 1.165) is 5.82 Å². The van der Waals surface area contributed by atoms with Crippen molar-refractivity contribution >= 4 is 17.5 Å². The molecular weight excluding hydrogens is 252 g/mol. The van der Waals surface area contributed by atoms with Gasteiger partial charge in [0.25, 0.3) is 0 Å². The molecule has 0 saturated heterocycles. The molecule has 0 aliphatic heterocycles. The minimum Gasteiger partial charge on any atom is -0.351 e. The Labute approximate surface area is 113 Å². The first-order chi connectivity index (χ1) is 8.29. The van der Waals surface area contributed by atoms with Crippen LogP contribution in [0.3, 0.4) is 0 Å². The molecule has 1 heterocycles. The number of hydrogen-bond donors (Lipinski definition) is 2. The molecule has 0 aromatic carbocycles. The second-order valence-corrected chi connectivity index (χ2v) is 5.67. The molecule has 0 fully saturated rings. The maximum atomic E-state index is 11.5. The Bertz CT molecular complexity index is 409. The Morgan fingerprint density at radius 2 is 2.17 bits per heavy atom. The van der Waals surface area contributed by atoms with E-state index in [0.29, 0.717) is 24.7 Å². The van der Waals surface area contributed by atoms with Crippen LogP contribution >= 0.6 is 11.6 Å². The lowest BCUT2D eigenvalue weighted by atomic mass is 10.1. The van der Waals surface area contributed by atoms with Crippen molar-refractivity contribution in [2.75, 3.05) is 6.54 Å². The van der Waals surface area contributed by atoms with Gasteiger partial charge in [-0.2, -0.15) is 0 Å². The number of carbonyl (C=O) groups is 1. The van der Waals surface area contributed by atoms with Crippen LogP contribution in [0, 0.1) is 0 Å². The maximum absolute atomic E-state index is 11.5. The van der Waals surface area contributed by atoms with Gasteiger partial charge in [-0.15, -0.1) is 0 Å². The van der Waals surface area contributed by atoms with Gasteiger partial charge in [-0.05, 0) is 20.8 Å². The summed E-state index contributed by atoms with van der Waals surface area (Å²) in [6, 6.07) is 0. The highest BCUT2D eigenvalue weighted by Crippen LogP contribution is 2.08. The zero-order valence-electron chi connectivity index (χ0n) is 11.4. The number of halogens is 1. The summed E-state index contributed by atoms with van der Waals surface area (Å²) in [7, 11) is 1.86. The van der Waals surface area contributed by atoms with E-state index in [9.17, 15) is 4.79 Å². The lowest BCUT2D eigenvalue weighted by molar-refractivity contribution is -0.122. The fraction of sp³-hybridized carbons (Fsp3) is 0.667. The molecule has 0 radical (unpaired) electrons. The second-order valence-electron chi connectivity index (χ2n) is 5.28. The molecule has 1 aromatic rings. The molecule has 0 spiro atoms. The molecule has 0 aliphatic rings. The quantitative estimate of drug-likeness (QED) is 0.798. The first-order valence-electron chi connectivity index (χ1n) is 5.97. The van der Waals surface area contributed by atoms with E-state index in [2.05, 4.69) is 15.6 Å². The van der Waals surface area contributed by atoms with Gasteiger partial charge in [-0.3, -0.25) is 4.79 Å². The van der Waals surface area contributed by atoms with Gasteiger partial charge >= 0.3 is 0 Å². The number of amides is 1. The highest BCUT2D eigenvalue weighted by atomic mass is 35.5. The maximum Gasteiger partial charge on any atom is 0.221 e. The normalized spacial score (nSPS) is 11.6. The molecule has 0 atom stereocenters. The predicted molar refractivity (Wildman–Crippen MR) is 72.4 cm³/mol. The molecule has 1 aromatic heterocycles. The van der Waals surface area contributed by atoms with Crippen LogP contribution in [0.2, 0.25) is 5.15 Å². The fourth-order valence-corrected chi connectivity index (χ4v) is 1.62. The van der Waals surface area contributed by atoms with Crippen LogP contribution in [0.5, 0.6) is 0 Å². The summed E-state index contributed by atoms with van der Waals surface area (Å²) in [5, 5.41) is 6.69. The number of rotatable bonds is 5. The smallest absolute Gasteiger partial charge is 0.221 e. The molecule has 1 rings (SSSR count). The third-order valence-electron chi connectivity index (χ3n) is 2.35. The standard InChI is InChI=1S/C12H21ClN4O/c1-12(2,3)16-11(18)5-6-14-8-10-15-7-9(13)17(10)4/h7,14H,5-6,8H2,1-4H3,(H,16,18). The van der Waals surface area contributed by atoms with E-state index in [-0.39, 0.29) is 11.4 Å². The van der Waals surface area contributed by atoms with Gasteiger partial charge in [0.15, 0.2) is 0 Å². The largest absolute Gasteiger partial charge is 0.351 e. The fourth-order valence-electron chi connectivity index (χ4n) is 1.47. The summed E-state index contributed by atoms with van der Waals surface area (Å²) in [5.74, 6) is 0.907. The van der Waals surface area contributed by atoms with Crippen LogP contribution in [-0.4, -0.2) is 27.5 Å². The van der Waals surface area contributed by atoms with Crippen LogP contribution in [0.1, 0.15) is 33.0 Å². The first kappa shape index (κ1) is 15.0. The molecule has 6 heteroatoms. The number of nitrogens with one attached hydrogen (secondary N) is 2. The van der Waals surface area contributed by atoms with Crippen molar-refractivity contribution in [2.45, 2.75) is 39.3 Å². The van der Waals surface area contributed by atoms with Crippen molar-refractivity contribution in [2.24, 2.45) is 7.05 Å². The molecule has 0 bridgehead atoms. The predicted octanol–water partition coefficient (Wildman–Crippen LogP) is 1.47. The van der Waals surface area contributed by atoms with E-state index >= 15 is 0 Å². The minimum atomic E-state index is -0.176. The number of aromatic nitrogens is 2. The molecule has 2 N–H and O–H groups in total. The van der Waals surface area contributed by atoms with Gasteiger partial charge in [0.1, 0.15) is 11.0 Å². The lowest BCUT2D eigenvalue weighted by Crippen LogP contribution is -2.41. The summed E-state index contributed by atoms with van der Waals surface area (Å²) >= 11 is 5.87. The molecule has 18 heavy (non-hydrogen) atoms. The van der Waals surface area contributed by atoms with E-state index in [4.69, 9.17) is 11.6 Å². The van der Waals surface area contributed by atoms with Crippen LogP contribution in [0.15, 0.2) is 6.20 Å². The highest BCUT2D eigenvalue weighted by molar-refractivity contribution is 6.29. The number of imidazole rings is 1. The molecule has 0 unspecified atom stereocenters. The summed E-state index contributed by atoms with van der Waals surface area (Å²) in [6.45, 7) is 7.12. The van der Waals surface area contributed by atoms with Crippen LogP contribution < -0.4 is 10.6 Å². The molecular formula is C12H21ClN4O. The summed E-state index contributed by atoms with van der Waals surface area (Å²) in [6.07, 6.45) is 2.07. The Kier molecular flexibility index (Phi) is 5.16. The third-order valence-corrected chi connectivity index (χ3v) is 2.71. The van der Waals surface area contributed by atoms with Crippen molar-refractivity contribution in [3.63, 3.8) is 0 Å². The van der Waals surface area contributed by atoms with E-state index in [1.807, 2.05) is 32.4 Å². The van der Waals surface area contributed by atoms with Crippen molar-refractivity contribution in [3.8, 4) is 0 Å². The SMILES string of the molecule is Cn1c(Cl)cnc1CNCCC(=O)NC(C)(C)C. The molecule has 102 valence electrons. The van der Waals surface area contributed by atoms with Gasteiger partial charge in [0, 0.05) is 25.6 Å². The van der Waals surface area contributed by atoms with Crippen LogP contribution in [-0.2, 0) is 18.4 Å². The monoisotopic (exact) mass is 272 g/mol. The topological polar surface area (TPSA) is 59.0 Å². The van der Waals surface area contributed by atoms with Crippen LogP contribution in [0.25, 0.3) is 0 Å². The van der Waals surface area contributed by atoms with Gasteiger partial charge in [-0.1, -0.05) is 11.6 Å². The lowest BCUT2D eigenvalue weighted by Gasteiger charge is -2.20. The Morgan fingerprint density at radius 1 is 1.50 bits per heavy atom. The number of carbonyl (C=O) groups excluding carboxylic acids is 1. The van der Waals surface area contributed by atoms with Crippen molar-refractivity contribution < 1.29 is 4.79 Å². The van der Waals surface area contributed by atoms with E-state index in [1.165, 1.54) is 0 Å². The molecule has 5 nitrogen and oxygen atoms in total. The number of hydrogen-bond acceptors (Lipinski definition) is 3. The zero-order chi connectivity index (χ0) is 13.8. The van der Waals surface area contributed by atoms with E-state index in [1.54, 1.807) is 6.20 Å². The van der Waals surface area contributed by atoms with Gasteiger partial charge < -0.3 is 15.2 Å². The van der Waals surface area contributed by atoms with Crippen molar-refractivity contribution in [3.05, 3.63) is 17.2 Å². The van der Waals surface area contributed by atoms with Crippen LogP contribution in [0.4, 0.5) is 0 Å². The zero-order valence-corrected chi connectivity index (χ0v) is 12.1. The van der Waals surface area contributed by atoms with Gasteiger partial charge in [-0.25, -0.2) is 4.98 Å². The summed E-state index contributed by atoms with van der Waals surface area (Å²) in [5.41, 5.74) is -0.176. The Hall–Kier alpha value is -1.07. The highest BCUT2D eigenvalue weighted by Gasteiger charge is 2.13. The average molecular weight is 273 g/mol. The Morgan fingerprint density at radius 3 is 2.67 bits per heavy atom. The summed E-state index contributed by atoms with van der Waals surface area (Å²) in [4.78, 5) is 15.7. The van der Waals surface area contributed by atoms with Crippen molar-refractivity contribution in [1.82, 2.24) is 20.2 Å². The molecule has 0 saturated carbocycles. The molecule has 0 aliphatic carbocycles. The summed E-state index contributed by atoms with van der Waals surface area (Å²) < 4.78 is 1.81. The molecule has 1 amide bonds. The first-order valence-corrected chi connectivity index (χ1v) is 6.35. The van der Waals surface area contributed by atoms with E-state index < -0.39 is 0 Å². The van der Waals surface area contributed by atoms with Gasteiger partial charge in [0.05, 0.1) is 12.7 Å².